The minimum Gasteiger partial charge on any atom is -0.490 e. The third kappa shape index (κ3) is 7.66. The maximum absolute atomic E-state index is 12.5. The van der Waals surface area contributed by atoms with E-state index in [2.05, 4.69) is 42.4 Å². The predicted octanol–water partition coefficient (Wildman–Crippen LogP) is 5.98. The average molecular weight is 604 g/mol. The van der Waals surface area contributed by atoms with Crippen LogP contribution in [0.25, 0.3) is 0 Å². The van der Waals surface area contributed by atoms with E-state index in [1.165, 1.54) is 6.21 Å². The summed E-state index contributed by atoms with van der Waals surface area (Å²) in [6.45, 7) is 5.92. The molecule has 3 aromatic carbocycles. The quantitative estimate of drug-likeness (QED) is 0.141. The maximum Gasteiger partial charge on any atom is 0.343 e. The number of esters is 1. The highest BCUT2D eigenvalue weighted by atomic mass is 79.9. The zero-order valence-corrected chi connectivity index (χ0v) is 22.6. The third-order valence-electron chi connectivity index (χ3n) is 4.67. The summed E-state index contributed by atoms with van der Waals surface area (Å²) < 4.78 is 18.4. The Hall–Kier alpha value is -3.17. The van der Waals surface area contributed by atoms with Crippen LogP contribution < -0.4 is 19.6 Å². The molecule has 3 rings (SSSR count). The second kappa shape index (κ2) is 12.5. The molecule has 7 nitrogen and oxygen atoms in total. The molecule has 35 heavy (non-hydrogen) atoms. The highest BCUT2D eigenvalue weighted by Gasteiger charge is 2.13. The summed E-state index contributed by atoms with van der Waals surface area (Å²) in [6.07, 6.45) is 1.47. The van der Waals surface area contributed by atoms with E-state index in [4.69, 9.17) is 14.2 Å². The molecule has 0 heterocycles. The molecule has 0 spiro atoms. The molecule has 9 heteroatoms. The summed E-state index contributed by atoms with van der Waals surface area (Å²) in [5.41, 5.74) is 5.52. The molecule has 1 amide bonds. The summed E-state index contributed by atoms with van der Waals surface area (Å²) in [5.74, 6) is 0.384. The maximum atomic E-state index is 12.5. The van der Waals surface area contributed by atoms with Crippen LogP contribution in [-0.2, 0) is 4.79 Å². The fourth-order valence-electron chi connectivity index (χ4n) is 3.14. The fourth-order valence-corrected chi connectivity index (χ4v) is 4.19. The van der Waals surface area contributed by atoms with E-state index in [0.717, 1.165) is 20.1 Å². The molecule has 3 aromatic rings. The number of carbonyl (C=O) groups is 2. The molecule has 0 fully saturated rings. The Morgan fingerprint density at radius 2 is 1.71 bits per heavy atom. The second-order valence-electron chi connectivity index (χ2n) is 7.51. The van der Waals surface area contributed by atoms with Crippen LogP contribution in [0.3, 0.4) is 0 Å². The Morgan fingerprint density at radius 3 is 2.40 bits per heavy atom. The Morgan fingerprint density at radius 1 is 0.971 bits per heavy atom. The van der Waals surface area contributed by atoms with Gasteiger partial charge in [-0.05, 0) is 102 Å². The van der Waals surface area contributed by atoms with Gasteiger partial charge in [-0.15, -0.1) is 0 Å². The molecule has 0 radical (unpaired) electrons. The van der Waals surface area contributed by atoms with E-state index < -0.39 is 11.9 Å². The Bertz CT molecular complexity index is 1220. The molecule has 182 valence electrons. The number of nitrogens with one attached hydrogen (secondary N) is 1. The summed E-state index contributed by atoms with van der Waals surface area (Å²) >= 11 is 6.79. The van der Waals surface area contributed by atoms with E-state index in [9.17, 15) is 9.59 Å². The summed E-state index contributed by atoms with van der Waals surface area (Å²) in [5, 5.41) is 3.98. The molecule has 0 saturated carbocycles. The van der Waals surface area contributed by atoms with Gasteiger partial charge < -0.3 is 14.2 Å². The molecule has 0 aliphatic heterocycles. The predicted molar refractivity (Wildman–Crippen MR) is 142 cm³/mol. The molecule has 1 N–H and O–H groups in total. The molecule has 0 atom stereocenters. The van der Waals surface area contributed by atoms with Crippen molar-refractivity contribution in [1.82, 2.24) is 5.43 Å². The van der Waals surface area contributed by atoms with Gasteiger partial charge in [0.05, 0.1) is 22.9 Å². The van der Waals surface area contributed by atoms with Crippen LogP contribution in [0.15, 0.2) is 68.6 Å². The summed E-state index contributed by atoms with van der Waals surface area (Å²) in [6, 6.07) is 15.8. The highest BCUT2D eigenvalue weighted by Crippen LogP contribution is 2.30. The lowest BCUT2D eigenvalue weighted by molar-refractivity contribution is -0.123. The number of hydrogen-bond acceptors (Lipinski definition) is 6. The van der Waals surface area contributed by atoms with Crippen molar-refractivity contribution in [2.24, 2.45) is 5.10 Å². The van der Waals surface area contributed by atoms with E-state index in [1.807, 2.05) is 32.9 Å². The van der Waals surface area contributed by atoms with Crippen LogP contribution in [0.5, 0.6) is 17.2 Å². The first kappa shape index (κ1) is 26.4. The lowest BCUT2D eigenvalue weighted by atomic mass is 10.1. The van der Waals surface area contributed by atoms with Gasteiger partial charge in [0.1, 0.15) is 5.75 Å². The first-order valence-corrected chi connectivity index (χ1v) is 12.3. The first-order valence-electron chi connectivity index (χ1n) is 10.7. The van der Waals surface area contributed by atoms with Gasteiger partial charge in [0.15, 0.2) is 18.1 Å². The number of hydrogen-bond donors (Lipinski definition) is 1. The van der Waals surface area contributed by atoms with Gasteiger partial charge >= 0.3 is 5.97 Å². The average Bonchev–Trinajstić information content (AvgIpc) is 2.80. The van der Waals surface area contributed by atoms with Crippen LogP contribution in [0, 0.1) is 13.8 Å². The van der Waals surface area contributed by atoms with Gasteiger partial charge in [-0.1, -0.05) is 22.0 Å². The molecule has 0 saturated heterocycles. The van der Waals surface area contributed by atoms with Crippen molar-refractivity contribution >= 4 is 50.0 Å². The molecular weight excluding hydrogens is 580 g/mol. The molecular formula is C26H24Br2N2O5. The summed E-state index contributed by atoms with van der Waals surface area (Å²) in [4.78, 5) is 24.6. The van der Waals surface area contributed by atoms with E-state index >= 15 is 0 Å². The molecule has 0 aliphatic carbocycles. The highest BCUT2D eigenvalue weighted by molar-refractivity contribution is 9.10. The normalized spacial score (nSPS) is 10.8. The van der Waals surface area contributed by atoms with Gasteiger partial charge in [0.2, 0.25) is 0 Å². The van der Waals surface area contributed by atoms with Crippen molar-refractivity contribution in [1.29, 1.82) is 0 Å². The first-order chi connectivity index (χ1) is 16.8. The largest absolute Gasteiger partial charge is 0.490 e. The molecule has 0 aliphatic rings. The van der Waals surface area contributed by atoms with Crippen molar-refractivity contribution in [3.63, 3.8) is 0 Å². The number of ether oxygens (including phenoxy) is 3. The van der Waals surface area contributed by atoms with Crippen LogP contribution in [-0.4, -0.2) is 31.3 Å². The van der Waals surface area contributed by atoms with Crippen molar-refractivity contribution in [3.8, 4) is 17.2 Å². The molecule has 0 unspecified atom stereocenters. The number of rotatable bonds is 9. The minimum absolute atomic E-state index is 0.186. The van der Waals surface area contributed by atoms with E-state index in [-0.39, 0.29) is 12.4 Å². The zero-order chi connectivity index (χ0) is 25.4. The number of nitrogens with zero attached hydrogens (tertiary/aromatic N) is 1. The lowest BCUT2D eigenvalue weighted by Gasteiger charge is -2.12. The smallest absolute Gasteiger partial charge is 0.343 e. The van der Waals surface area contributed by atoms with E-state index in [0.29, 0.717) is 29.2 Å². The number of hydrazone groups is 1. The van der Waals surface area contributed by atoms with Crippen molar-refractivity contribution in [2.45, 2.75) is 20.8 Å². The standard InChI is InChI=1S/C26H24Br2N2O5/c1-4-33-23-13-18(5-10-22(23)35-26(32)19-6-8-20(27)9-7-19)14-29-30-24(31)15-34-25-17(3)11-16(2)12-21(25)28/h5-14H,4,15H2,1-3H3,(H,30,31)/b29-14-. The number of carbonyl (C=O) groups excluding carboxylic acids is 2. The fraction of sp³-hybridized carbons (Fsp3) is 0.192. The van der Waals surface area contributed by atoms with Gasteiger partial charge in [-0.3, -0.25) is 4.79 Å². The SMILES string of the molecule is CCOc1cc(/C=N\NC(=O)COc2c(C)cc(C)cc2Br)ccc1OC(=O)c1ccc(Br)cc1. The van der Waals surface area contributed by atoms with Crippen LogP contribution in [0.2, 0.25) is 0 Å². The van der Waals surface area contributed by atoms with Crippen LogP contribution in [0.4, 0.5) is 0 Å². The second-order valence-corrected chi connectivity index (χ2v) is 9.28. The summed E-state index contributed by atoms with van der Waals surface area (Å²) in [7, 11) is 0. The topological polar surface area (TPSA) is 86.2 Å². The Kier molecular flexibility index (Phi) is 9.45. The van der Waals surface area contributed by atoms with Gasteiger partial charge in [-0.2, -0.15) is 5.10 Å². The number of benzene rings is 3. The lowest BCUT2D eigenvalue weighted by Crippen LogP contribution is -2.24. The Labute approximate surface area is 220 Å². The minimum atomic E-state index is -0.498. The number of aryl methyl sites for hydroxylation is 2. The van der Waals surface area contributed by atoms with Crippen molar-refractivity contribution in [3.05, 3.63) is 85.8 Å². The number of halogens is 2. The third-order valence-corrected chi connectivity index (χ3v) is 5.79. The van der Waals surface area contributed by atoms with Crippen molar-refractivity contribution in [2.75, 3.05) is 13.2 Å². The monoisotopic (exact) mass is 602 g/mol. The van der Waals surface area contributed by atoms with Crippen molar-refractivity contribution < 1.29 is 23.8 Å². The van der Waals surface area contributed by atoms with Gasteiger partial charge in [-0.25, -0.2) is 10.2 Å². The number of amides is 1. The zero-order valence-electron chi connectivity index (χ0n) is 19.4. The van der Waals surface area contributed by atoms with Gasteiger partial charge in [0.25, 0.3) is 5.91 Å². The van der Waals surface area contributed by atoms with Crippen LogP contribution >= 0.6 is 31.9 Å². The van der Waals surface area contributed by atoms with E-state index in [1.54, 1.807) is 42.5 Å². The molecule has 0 aromatic heterocycles. The van der Waals surface area contributed by atoms with Crippen LogP contribution in [0.1, 0.15) is 34.0 Å². The molecule has 0 bridgehead atoms. The van der Waals surface area contributed by atoms with Gasteiger partial charge in [0, 0.05) is 4.47 Å². The Balaban J connectivity index is 1.61.